The summed E-state index contributed by atoms with van der Waals surface area (Å²) < 4.78 is 26.5. The highest BCUT2D eigenvalue weighted by Crippen LogP contribution is 2.24. The van der Waals surface area contributed by atoms with E-state index in [2.05, 4.69) is 0 Å². The van der Waals surface area contributed by atoms with Gasteiger partial charge in [-0.1, -0.05) is 19.3 Å². The van der Waals surface area contributed by atoms with Crippen LogP contribution in [-0.4, -0.2) is 60.2 Å². The van der Waals surface area contributed by atoms with E-state index < -0.39 is 35.2 Å². The Morgan fingerprint density at radius 3 is 2.20 bits per heavy atom. The summed E-state index contributed by atoms with van der Waals surface area (Å²) in [7, 11) is -2.59. The molecule has 9 heteroatoms. The number of rotatable bonds is 7. The lowest BCUT2D eigenvalue weighted by Crippen LogP contribution is -2.50. The van der Waals surface area contributed by atoms with Crippen LogP contribution in [0.15, 0.2) is 0 Å². The van der Waals surface area contributed by atoms with Gasteiger partial charge in [-0.2, -0.15) is 17.0 Å². The molecule has 0 radical (unpaired) electrons. The summed E-state index contributed by atoms with van der Waals surface area (Å²) in [5.74, 6) is -2.21. The minimum absolute atomic E-state index is 0.155. The van der Waals surface area contributed by atoms with Crippen molar-refractivity contribution < 1.29 is 23.1 Å². The molecular weight excluding hydrogens is 286 g/mol. The predicted molar refractivity (Wildman–Crippen MR) is 72.0 cm³/mol. The van der Waals surface area contributed by atoms with Crippen LogP contribution >= 0.6 is 0 Å². The number of nitrogens with two attached hydrogens (primary N) is 1. The number of carbonyl (C=O) groups excluding carboxylic acids is 1. The normalized spacial score (nSPS) is 17.6. The fraction of sp³-hybridized carbons (Fsp3) is 0.818. The highest BCUT2D eigenvalue weighted by atomic mass is 32.2. The maximum absolute atomic E-state index is 12.4. The molecule has 0 bridgehead atoms. The second-order valence-electron chi connectivity index (χ2n) is 4.94. The van der Waals surface area contributed by atoms with Crippen LogP contribution in [0.2, 0.25) is 0 Å². The number of carbonyl (C=O) groups is 2. The number of hydrogen-bond acceptors (Lipinski definition) is 4. The zero-order valence-electron chi connectivity index (χ0n) is 11.5. The van der Waals surface area contributed by atoms with Crippen molar-refractivity contribution in [3.05, 3.63) is 0 Å². The third kappa shape index (κ3) is 4.43. The molecule has 1 aliphatic carbocycles. The van der Waals surface area contributed by atoms with E-state index in [1.807, 2.05) is 0 Å². The third-order valence-electron chi connectivity index (χ3n) is 3.42. The van der Waals surface area contributed by atoms with Crippen LogP contribution < -0.4 is 5.73 Å². The number of nitrogens with zero attached hydrogens (tertiary/aromatic N) is 2. The Hall–Kier alpha value is -1.19. The molecule has 3 N–H and O–H groups in total. The average molecular weight is 307 g/mol. The second-order valence-corrected chi connectivity index (χ2v) is 6.93. The first-order valence-corrected chi connectivity index (χ1v) is 7.88. The third-order valence-corrected chi connectivity index (χ3v) is 5.36. The van der Waals surface area contributed by atoms with E-state index in [0.29, 0.717) is 4.31 Å². The highest BCUT2D eigenvalue weighted by molar-refractivity contribution is 7.86. The maximum atomic E-state index is 12.4. The van der Waals surface area contributed by atoms with Crippen LogP contribution in [0.5, 0.6) is 0 Å². The summed E-state index contributed by atoms with van der Waals surface area (Å²) in [6.07, 6.45) is 4.45. The molecule has 1 amide bonds. The molecule has 0 unspecified atom stereocenters. The summed E-state index contributed by atoms with van der Waals surface area (Å²) >= 11 is 0. The molecule has 1 aliphatic rings. The SMILES string of the molecule is CN(C1CCCCC1)S(=O)(=O)N(CC(N)=O)CC(=O)O. The lowest BCUT2D eigenvalue weighted by Gasteiger charge is -2.33. The van der Waals surface area contributed by atoms with Gasteiger partial charge < -0.3 is 10.8 Å². The van der Waals surface area contributed by atoms with Gasteiger partial charge in [0.25, 0.3) is 10.2 Å². The molecule has 8 nitrogen and oxygen atoms in total. The van der Waals surface area contributed by atoms with Crippen molar-refractivity contribution in [3.8, 4) is 0 Å². The molecule has 1 rings (SSSR count). The Labute approximate surface area is 118 Å². The lowest BCUT2D eigenvalue weighted by molar-refractivity contribution is -0.137. The molecule has 0 atom stereocenters. The van der Waals surface area contributed by atoms with Gasteiger partial charge in [-0.25, -0.2) is 0 Å². The number of primary amides is 1. The summed E-state index contributed by atoms with van der Waals surface area (Å²) in [6.45, 7) is -1.41. The molecule has 1 fully saturated rings. The zero-order valence-corrected chi connectivity index (χ0v) is 12.3. The van der Waals surface area contributed by atoms with Crippen LogP contribution in [0.1, 0.15) is 32.1 Å². The van der Waals surface area contributed by atoms with Gasteiger partial charge in [-0.15, -0.1) is 0 Å². The highest BCUT2D eigenvalue weighted by Gasteiger charge is 2.34. The van der Waals surface area contributed by atoms with Crippen LogP contribution in [-0.2, 0) is 19.8 Å². The molecule has 0 saturated heterocycles. The van der Waals surface area contributed by atoms with E-state index in [0.717, 1.165) is 36.4 Å². The van der Waals surface area contributed by atoms with E-state index in [1.54, 1.807) is 0 Å². The van der Waals surface area contributed by atoms with Crippen molar-refractivity contribution in [1.29, 1.82) is 0 Å². The van der Waals surface area contributed by atoms with Gasteiger partial charge in [0.15, 0.2) is 0 Å². The number of amides is 1. The topological polar surface area (TPSA) is 121 Å². The van der Waals surface area contributed by atoms with Gasteiger partial charge >= 0.3 is 5.97 Å². The lowest BCUT2D eigenvalue weighted by atomic mass is 9.96. The van der Waals surface area contributed by atoms with E-state index in [9.17, 15) is 18.0 Å². The first-order chi connectivity index (χ1) is 9.25. The zero-order chi connectivity index (χ0) is 15.3. The minimum atomic E-state index is -4.01. The molecule has 116 valence electrons. The predicted octanol–water partition coefficient (Wildman–Crippen LogP) is -0.632. The van der Waals surface area contributed by atoms with Crippen molar-refractivity contribution in [2.45, 2.75) is 38.1 Å². The van der Waals surface area contributed by atoms with Crippen LogP contribution in [0.25, 0.3) is 0 Å². The minimum Gasteiger partial charge on any atom is -0.480 e. The van der Waals surface area contributed by atoms with Crippen molar-refractivity contribution in [1.82, 2.24) is 8.61 Å². The summed E-state index contributed by atoms with van der Waals surface area (Å²) in [6, 6.07) is -0.155. The Bertz CT molecular complexity index is 443. The number of aliphatic carboxylic acids is 1. The van der Waals surface area contributed by atoms with Gasteiger partial charge in [0.05, 0.1) is 6.54 Å². The molecule has 0 heterocycles. The summed E-state index contributed by atoms with van der Waals surface area (Å²) in [5, 5.41) is 8.78. The summed E-state index contributed by atoms with van der Waals surface area (Å²) in [5.41, 5.74) is 4.99. The maximum Gasteiger partial charge on any atom is 0.318 e. The van der Waals surface area contributed by atoms with E-state index in [4.69, 9.17) is 10.8 Å². The van der Waals surface area contributed by atoms with Crippen LogP contribution in [0.3, 0.4) is 0 Å². The molecule has 0 aromatic heterocycles. The average Bonchev–Trinajstić information content (AvgIpc) is 2.37. The van der Waals surface area contributed by atoms with Gasteiger partial charge in [0.2, 0.25) is 5.91 Å². The van der Waals surface area contributed by atoms with Crippen LogP contribution in [0.4, 0.5) is 0 Å². The van der Waals surface area contributed by atoms with Crippen molar-refractivity contribution >= 4 is 22.1 Å². The molecule has 0 aromatic carbocycles. The van der Waals surface area contributed by atoms with Crippen molar-refractivity contribution in [3.63, 3.8) is 0 Å². The first-order valence-electron chi connectivity index (χ1n) is 6.48. The number of hydrogen-bond donors (Lipinski definition) is 2. The summed E-state index contributed by atoms with van der Waals surface area (Å²) in [4.78, 5) is 21.7. The van der Waals surface area contributed by atoms with Gasteiger partial charge in [0.1, 0.15) is 6.54 Å². The molecule has 20 heavy (non-hydrogen) atoms. The quantitative estimate of drug-likeness (QED) is 0.648. The molecule has 1 saturated carbocycles. The van der Waals surface area contributed by atoms with Crippen molar-refractivity contribution in [2.24, 2.45) is 5.73 Å². The first kappa shape index (κ1) is 16.9. The Morgan fingerprint density at radius 1 is 1.20 bits per heavy atom. The van der Waals surface area contributed by atoms with Gasteiger partial charge in [-0.3, -0.25) is 9.59 Å². The van der Waals surface area contributed by atoms with E-state index in [-0.39, 0.29) is 6.04 Å². The molecule has 0 aromatic rings. The Balaban J connectivity index is 2.89. The number of carboxylic acid groups (broad SMARTS) is 1. The smallest absolute Gasteiger partial charge is 0.318 e. The van der Waals surface area contributed by atoms with Gasteiger partial charge in [0, 0.05) is 13.1 Å². The molecule has 0 aliphatic heterocycles. The van der Waals surface area contributed by atoms with Crippen LogP contribution in [0, 0.1) is 0 Å². The van der Waals surface area contributed by atoms with Gasteiger partial charge in [-0.05, 0) is 12.8 Å². The largest absolute Gasteiger partial charge is 0.480 e. The molecule has 0 spiro atoms. The Kier molecular flexibility index (Phi) is 5.90. The monoisotopic (exact) mass is 307 g/mol. The standard InChI is InChI=1S/C11H21N3O5S/c1-13(9-5-3-2-4-6-9)20(18,19)14(7-10(12)15)8-11(16)17/h9H,2-8H2,1H3,(H2,12,15)(H,16,17). The fourth-order valence-electron chi connectivity index (χ4n) is 2.36. The number of carboxylic acids is 1. The van der Waals surface area contributed by atoms with Crippen molar-refractivity contribution in [2.75, 3.05) is 20.1 Å². The van der Waals surface area contributed by atoms with E-state index >= 15 is 0 Å². The Morgan fingerprint density at radius 2 is 1.75 bits per heavy atom. The second kappa shape index (κ2) is 7.00. The fourth-order valence-corrected chi connectivity index (χ4v) is 3.87. The molecular formula is C11H21N3O5S. The van der Waals surface area contributed by atoms with E-state index in [1.165, 1.54) is 7.05 Å².